The largest absolute Gasteiger partial charge is 0.326 e. The SMILES string of the molecule is Cc1ccc(NC(=O)C2CCN(CC(=O)Nc3ccc(Cl)c(Cl)c3)CC2)cc1Cl. The van der Waals surface area contributed by atoms with Gasteiger partial charge in [0, 0.05) is 22.3 Å². The highest BCUT2D eigenvalue weighted by Crippen LogP contribution is 2.25. The van der Waals surface area contributed by atoms with E-state index < -0.39 is 0 Å². The number of nitrogens with one attached hydrogen (secondary N) is 2. The lowest BCUT2D eigenvalue weighted by Crippen LogP contribution is -2.41. The lowest BCUT2D eigenvalue weighted by Gasteiger charge is -2.30. The second kappa shape index (κ2) is 9.81. The second-order valence-electron chi connectivity index (χ2n) is 7.18. The molecule has 0 atom stereocenters. The molecule has 1 aliphatic rings. The first-order valence-corrected chi connectivity index (χ1v) is 10.5. The van der Waals surface area contributed by atoms with Crippen molar-refractivity contribution in [1.82, 2.24) is 4.90 Å². The Morgan fingerprint density at radius 3 is 2.21 bits per heavy atom. The molecule has 0 aromatic heterocycles. The third-order valence-electron chi connectivity index (χ3n) is 4.97. The van der Waals surface area contributed by atoms with Crippen molar-refractivity contribution in [3.63, 3.8) is 0 Å². The number of benzene rings is 2. The maximum atomic E-state index is 12.5. The van der Waals surface area contributed by atoms with Crippen molar-refractivity contribution < 1.29 is 9.59 Å². The van der Waals surface area contributed by atoms with Crippen LogP contribution in [-0.2, 0) is 9.59 Å². The van der Waals surface area contributed by atoms with E-state index in [2.05, 4.69) is 10.6 Å². The minimum Gasteiger partial charge on any atom is -0.326 e. The average molecular weight is 455 g/mol. The van der Waals surface area contributed by atoms with Gasteiger partial charge < -0.3 is 10.6 Å². The lowest BCUT2D eigenvalue weighted by atomic mass is 9.95. The van der Waals surface area contributed by atoms with E-state index >= 15 is 0 Å². The maximum Gasteiger partial charge on any atom is 0.238 e. The van der Waals surface area contributed by atoms with Gasteiger partial charge in [-0.25, -0.2) is 0 Å². The van der Waals surface area contributed by atoms with Gasteiger partial charge in [0.25, 0.3) is 0 Å². The number of anilines is 2. The lowest BCUT2D eigenvalue weighted by molar-refractivity contribution is -0.121. The summed E-state index contributed by atoms with van der Waals surface area (Å²) >= 11 is 18.0. The minimum absolute atomic E-state index is 0.00942. The molecule has 0 unspecified atom stereocenters. The number of hydrogen-bond donors (Lipinski definition) is 2. The van der Waals surface area contributed by atoms with Gasteiger partial charge in [-0.15, -0.1) is 0 Å². The van der Waals surface area contributed by atoms with Crippen LogP contribution in [0.15, 0.2) is 36.4 Å². The number of rotatable bonds is 5. The zero-order chi connectivity index (χ0) is 21.0. The molecule has 1 fully saturated rings. The fourth-order valence-electron chi connectivity index (χ4n) is 3.25. The summed E-state index contributed by atoms with van der Waals surface area (Å²) in [4.78, 5) is 26.8. The van der Waals surface area contributed by atoms with Crippen LogP contribution in [-0.4, -0.2) is 36.3 Å². The van der Waals surface area contributed by atoms with E-state index in [1.165, 1.54) is 0 Å². The fourth-order valence-corrected chi connectivity index (χ4v) is 3.72. The monoisotopic (exact) mass is 453 g/mol. The molecule has 29 heavy (non-hydrogen) atoms. The summed E-state index contributed by atoms with van der Waals surface area (Å²) < 4.78 is 0. The van der Waals surface area contributed by atoms with Gasteiger partial charge in [0.1, 0.15) is 0 Å². The van der Waals surface area contributed by atoms with Crippen LogP contribution in [0.5, 0.6) is 0 Å². The predicted molar refractivity (Wildman–Crippen MR) is 119 cm³/mol. The Labute approximate surface area is 185 Å². The number of amides is 2. The third kappa shape index (κ3) is 6.09. The standard InChI is InChI=1S/C21H22Cl3N3O2/c1-13-2-3-16(10-18(13)23)26-21(29)14-6-8-27(9-7-14)12-20(28)25-15-4-5-17(22)19(24)11-15/h2-5,10-11,14H,6-9,12H2,1H3,(H,25,28)(H,26,29). The Balaban J connectivity index is 1.45. The highest BCUT2D eigenvalue weighted by atomic mass is 35.5. The number of nitrogens with zero attached hydrogens (tertiary/aromatic N) is 1. The van der Waals surface area contributed by atoms with Gasteiger partial charge in [0.05, 0.1) is 16.6 Å². The number of aryl methyl sites for hydroxylation is 1. The van der Waals surface area contributed by atoms with E-state index in [9.17, 15) is 9.59 Å². The molecule has 2 aromatic rings. The minimum atomic E-state index is -0.124. The average Bonchev–Trinajstić information content (AvgIpc) is 2.68. The molecule has 5 nitrogen and oxygen atoms in total. The van der Waals surface area contributed by atoms with Crippen LogP contribution in [0, 0.1) is 12.8 Å². The number of halogens is 3. The van der Waals surface area contributed by atoms with Crippen molar-refractivity contribution in [1.29, 1.82) is 0 Å². The van der Waals surface area contributed by atoms with Crippen LogP contribution in [0.2, 0.25) is 15.1 Å². The van der Waals surface area contributed by atoms with Gasteiger partial charge in [-0.1, -0.05) is 40.9 Å². The topological polar surface area (TPSA) is 61.4 Å². The first kappa shape index (κ1) is 21.9. The summed E-state index contributed by atoms with van der Waals surface area (Å²) in [6.07, 6.45) is 1.40. The highest BCUT2D eigenvalue weighted by molar-refractivity contribution is 6.42. The van der Waals surface area contributed by atoms with E-state index in [4.69, 9.17) is 34.8 Å². The summed E-state index contributed by atoms with van der Waals surface area (Å²) in [6.45, 7) is 3.55. The molecular weight excluding hydrogens is 433 g/mol. The Kier molecular flexibility index (Phi) is 7.41. The quantitative estimate of drug-likeness (QED) is 0.649. The molecule has 0 bridgehead atoms. The number of likely N-dealkylation sites (tertiary alicyclic amines) is 1. The van der Waals surface area contributed by atoms with Gasteiger partial charge in [-0.05, 0) is 68.8 Å². The van der Waals surface area contributed by atoms with Crippen LogP contribution in [0.4, 0.5) is 11.4 Å². The molecule has 1 aliphatic heterocycles. The Morgan fingerprint density at radius 2 is 1.55 bits per heavy atom. The molecule has 0 saturated carbocycles. The van der Waals surface area contributed by atoms with E-state index in [0.717, 1.165) is 5.56 Å². The normalized spacial score (nSPS) is 15.2. The second-order valence-corrected chi connectivity index (χ2v) is 8.40. The van der Waals surface area contributed by atoms with Crippen LogP contribution in [0.25, 0.3) is 0 Å². The predicted octanol–water partition coefficient (Wildman–Crippen LogP) is 5.24. The van der Waals surface area contributed by atoms with E-state index in [1.807, 2.05) is 24.0 Å². The molecule has 0 radical (unpaired) electrons. The van der Waals surface area contributed by atoms with Crippen molar-refractivity contribution in [2.45, 2.75) is 19.8 Å². The molecular formula is C21H22Cl3N3O2. The first-order valence-electron chi connectivity index (χ1n) is 9.36. The highest BCUT2D eigenvalue weighted by Gasteiger charge is 2.26. The summed E-state index contributed by atoms with van der Waals surface area (Å²) in [7, 11) is 0. The van der Waals surface area contributed by atoms with E-state index in [-0.39, 0.29) is 24.3 Å². The van der Waals surface area contributed by atoms with Crippen molar-refractivity contribution in [2.24, 2.45) is 5.92 Å². The van der Waals surface area contributed by atoms with Crippen molar-refractivity contribution >= 4 is 58.0 Å². The smallest absolute Gasteiger partial charge is 0.238 e. The van der Waals surface area contributed by atoms with Crippen LogP contribution in [0.1, 0.15) is 18.4 Å². The van der Waals surface area contributed by atoms with Gasteiger partial charge in [0.2, 0.25) is 11.8 Å². The van der Waals surface area contributed by atoms with Gasteiger partial charge >= 0.3 is 0 Å². The number of hydrogen-bond acceptors (Lipinski definition) is 3. The molecule has 0 spiro atoms. The molecule has 2 amide bonds. The van der Waals surface area contributed by atoms with Crippen molar-refractivity contribution in [2.75, 3.05) is 30.3 Å². The molecule has 1 heterocycles. The zero-order valence-corrected chi connectivity index (χ0v) is 18.2. The number of carbonyl (C=O) groups is 2. The summed E-state index contributed by atoms with van der Waals surface area (Å²) in [5.41, 5.74) is 2.28. The van der Waals surface area contributed by atoms with E-state index in [1.54, 1.807) is 24.3 Å². The number of carbonyl (C=O) groups excluding carboxylic acids is 2. The summed E-state index contributed by atoms with van der Waals surface area (Å²) in [5.74, 6) is -0.213. The van der Waals surface area contributed by atoms with E-state index in [0.29, 0.717) is 52.4 Å². The summed E-state index contributed by atoms with van der Waals surface area (Å²) in [5, 5.41) is 7.22. The zero-order valence-electron chi connectivity index (χ0n) is 16.0. The molecule has 1 saturated heterocycles. The fraction of sp³-hybridized carbons (Fsp3) is 0.333. The number of piperidine rings is 1. The molecule has 2 N–H and O–H groups in total. The van der Waals surface area contributed by atoms with Crippen LogP contribution < -0.4 is 10.6 Å². The third-order valence-corrected chi connectivity index (χ3v) is 6.11. The van der Waals surface area contributed by atoms with Crippen molar-refractivity contribution in [3.05, 3.63) is 57.0 Å². The maximum absolute atomic E-state index is 12.5. The van der Waals surface area contributed by atoms with Crippen LogP contribution >= 0.6 is 34.8 Å². The molecule has 3 rings (SSSR count). The molecule has 8 heteroatoms. The summed E-state index contributed by atoms with van der Waals surface area (Å²) in [6, 6.07) is 10.5. The molecule has 2 aromatic carbocycles. The van der Waals surface area contributed by atoms with Gasteiger partial charge in [0.15, 0.2) is 0 Å². The van der Waals surface area contributed by atoms with Crippen molar-refractivity contribution in [3.8, 4) is 0 Å². The van der Waals surface area contributed by atoms with Crippen LogP contribution in [0.3, 0.4) is 0 Å². The Hall–Kier alpha value is -1.79. The Morgan fingerprint density at radius 1 is 0.931 bits per heavy atom. The molecule has 154 valence electrons. The first-order chi connectivity index (χ1) is 13.8. The van der Waals surface area contributed by atoms with Gasteiger partial charge in [-0.2, -0.15) is 0 Å². The Bertz CT molecular complexity index is 912. The van der Waals surface area contributed by atoms with Gasteiger partial charge in [-0.3, -0.25) is 14.5 Å². The molecule has 0 aliphatic carbocycles.